The highest BCUT2D eigenvalue weighted by Crippen LogP contribution is 2.27. The van der Waals surface area contributed by atoms with Crippen LogP contribution in [0.15, 0.2) is 60.8 Å². The minimum absolute atomic E-state index is 0.0586. The van der Waals surface area contributed by atoms with E-state index in [2.05, 4.69) is 20.9 Å². The van der Waals surface area contributed by atoms with Crippen LogP contribution in [-0.4, -0.2) is 22.9 Å². The number of fused-ring (bicyclic) bond motifs is 1. The van der Waals surface area contributed by atoms with Crippen LogP contribution in [0.4, 0.5) is 21.9 Å². The molecule has 0 radical (unpaired) electrons. The topological polar surface area (TPSA) is 135 Å². The van der Waals surface area contributed by atoms with Crippen LogP contribution in [0.5, 0.6) is 5.88 Å². The number of anilines is 3. The average Bonchev–Trinajstić information content (AvgIpc) is 3.12. The number of carbonyl (C=O) groups is 3. The third-order valence-corrected chi connectivity index (χ3v) is 4.65. The Hall–Kier alpha value is -4.40. The molecule has 3 aromatic rings. The number of benzene rings is 2. The van der Waals surface area contributed by atoms with E-state index < -0.39 is 6.09 Å². The molecule has 9 heteroatoms. The summed E-state index contributed by atoms with van der Waals surface area (Å²) >= 11 is 0. The third kappa shape index (κ3) is 4.78. The van der Waals surface area contributed by atoms with Gasteiger partial charge in [0.05, 0.1) is 12.0 Å². The fourth-order valence-corrected chi connectivity index (χ4v) is 3.20. The summed E-state index contributed by atoms with van der Waals surface area (Å²) in [6.45, 7) is 0.402. The molecule has 1 aromatic heterocycles. The fourth-order valence-electron chi connectivity index (χ4n) is 3.20. The number of amides is 3. The zero-order chi connectivity index (χ0) is 21.8. The van der Waals surface area contributed by atoms with Crippen molar-refractivity contribution in [1.29, 1.82) is 0 Å². The van der Waals surface area contributed by atoms with Gasteiger partial charge in [-0.15, -0.1) is 0 Å². The van der Waals surface area contributed by atoms with Crippen molar-refractivity contribution in [2.45, 2.75) is 13.0 Å². The van der Waals surface area contributed by atoms with Crippen molar-refractivity contribution >= 4 is 35.0 Å². The van der Waals surface area contributed by atoms with E-state index in [-0.39, 0.29) is 17.7 Å². The molecule has 0 spiro atoms. The number of primary amides is 1. The van der Waals surface area contributed by atoms with Gasteiger partial charge in [-0.3, -0.25) is 9.59 Å². The minimum Gasteiger partial charge on any atom is -0.391 e. The molecule has 31 heavy (non-hydrogen) atoms. The van der Waals surface area contributed by atoms with Crippen LogP contribution in [0.25, 0.3) is 0 Å². The normalized spacial score (nSPS) is 11.9. The van der Waals surface area contributed by atoms with Crippen LogP contribution in [0.2, 0.25) is 0 Å². The van der Waals surface area contributed by atoms with Gasteiger partial charge in [0.25, 0.3) is 5.91 Å². The van der Waals surface area contributed by atoms with Crippen molar-refractivity contribution in [1.82, 2.24) is 4.98 Å². The lowest BCUT2D eigenvalue weighted by Crippen LogP contribution is -2.17. The molecule has 2 aromatic carbocycles. The van der Waals surface area contributed by atoms with E-state index >= 15 is 0 Å². The summed E-state index contributed by atoms with van der Waals surface area (Å²) in [5.41, 5.74) is 9.11. The first-order chi connectivity index (χ1) is 15.0. The largest absolute Gasteiger partial charge is 0.411 e. The van der Waals surface area contributed by atoms with Crippen LogP contribution >= 0.6 is 0 Å². The van der Waals surface area contributed by atoms with Gasteiger partial charge in [-0.05, 0) is 35.4 Å². The van der Waals surface area contributed by atoms with Gasteiger partial charge in [0.15, 0.2) is 0 Å². The summed E-state index contributed by atoms with van der Waals surface area (Å²) in [5, 5.41) is 8.85. The molecule has 2 heterocycles. The summed E-state index contributed by atoms with van der Waals surface area (Å²) in [4.78, 5) is 39.1. The zero-order valence-corrected chi connectivity index (χ0v) is 16.3. The molecule has 156 valence electrons. The Bertz CT molecular complexity index is 1160. The Morgan fingerprint density at radius 2 is 1.97 bits per heavy atom. The van der Waals surface area contributed by atoms with Crippen molar-refractivity contribution < 1.29 is 19.1 Å². The second-order valence-electron chi connectivity index (χ2n) is 6.88. The van der Waals surface area contributed by atoms with Gasteiger partial charge < -0.3 is 26.4 Å². The van der Waals surface area contributed by atoms with Crippen molar-refractivity contribution in [3.63, 3.8) is 0 Å². The van der Waals surface area contributed by atoms with Crippen molar-refractivity contribution in [3.05, 3.63) is 77.5 Å². The molecule has 0 aliphatic carbocycles. The maximum Gasteiger partial charge on any atom is 0.411 e. The SMILES string of the molecule is NC(=O)Oc1ccc(CNc2ccccc2C(=O)Nc2ccc3c(c2)NC(=O)C3)cn1. The number of aromatic nitrogens is 1. The van der Waals surface area contributed by atoms with Crippen LogP contribution < -0.4 is 26.4 Å². The first-order valence-electron chi connectivity index (χ1n) is 9.47. The van der Waals surface area contributed by atoms with Crippen LogP contribution in [-0.2, 0) is 17.8 Å². The number of nitrogens with zero attached hydrogens (tertiary/aromatic N) is 1. The second-order valence-corrected chi connectivity index (χ2v) is 6.88. The first-order valence-corrected chi connectivity index (χ1v) is 9.47. The number of hydrogen-bond donors (Lipinski definition) is 4. The number of pyridine rings is 1. The van der Waals surface area contributed by atoms with E-state index in [0.29, 0.717) is 35.6 Å². The van der Waals surface area contributed by atoms with Gasteiger partial charge in [0, 0.05) is 35.9 Å². The van der Waals surface area contributed by atoms with Crippen molar-refractivity contribution in [2.75, 3.05) is 16.0 Å². The Morgan fingerprint density at radius 1 is 1.13 bits per heavy atom. The van der Waals surface area contributed by atoms with Gasteiger partial charge in [-0.2, -0.15) is 0 Å². The minimum atomic E-state index is -0.927. The molecule has 0 saturated heterocycles. The highest BCUT2D eigenvalue weighted by Gasteiger charge is 2.18. The Labute approximate surface area is 177 Å². The molecule has 9 nitrogen and oxygen atoms in total. The van der Waals surface area contributed by atoms with E-state index in [4.69, 9.17) is 10.5 Å². The molecule has 0 bridgehead atoms. The maximum atomic E-state index is 12.8. The molecule has 0 saturated carbocycles. The zero-order valence-electron chi connectivity index (χ0n) is 16.3. The molecule has 0 unspecified atom stereocenters. The van der Waals surface area contributed by atoms with Gasteiger partial charge in [-0.25, -0.2) is 9.78 Å². The summed E-state index contributed by atoms with van der Waals surface area (Å²) in [6.07, 6.45) is 0.970. The lowest BCUT2D eigenvalue weighted by molar-refractivity contribution is -0.115. The summed E-state index contributed by atoms with van der Waals surface area (Å²) in [6, 6.07) is 15.7. The average molecular weight is 417 g/mol. The Kier molecular flexibility index (Phi) is 5.48. The molecular formula is C22H19N5O4. The van der Waals surface area contributed by atoms with E-state index in [1.54, 1.807) is 42.6 Å². The monoisotopic (exact) mass is 417 g/mol. The number of nitrogens with one attached hydrogen (secondary N) is 3. The third-order valence-electron chi connectivity index (χ3n) is 4.65. The lowest BCUT2D eigenvalue weighted by atomic mass is 10.1. The number of carbonyl (C=O) groups excluding carboxylic acids is 3. The second kappa shape index (κ2) is 8.54. The molecule has 4 rings (SSSR count). The number of nitrogens with two attached hydrogens (primary N) is 1. The summed E-state index contributed by atoms with van der Waals surface area (Å²) < 4.78 is 4.70. The molecule has 0 fully saturated rings. The van der Waals surface area contributed by atoms with Gasteiger partial charge in [0.1, 0.15) is 0 Å². The molecule has 5 N–H and O–H groups in total. The Balaban J connectivity index is 1.43. The molecule has 1 aliphatic rings. The van der Waals surface area contributed by atoms with E-state index in [0.717, 1.165) is 11.1 Å². The number of ether oxygens (including phenoxy) is 1. The van der Waals surface area contributed by atoms with Crippen LogP contribution in [0.3, 0.4) is 0 Å². The van der Waals surface area contributed by atoms with Crippen molar-refractivity contribution in [2.24, 2.45) is 5.73 Å². The van der Waals surface area contributed by atoms with Gasteiger partial charge >= 0.3 is 6.09 Å². The van der Waals surface area contributed by atoms with E-state index in [9.17, 15) is 14.4 Å². The summed E-state index contributed by atoms with van der Waals surface area (Å²) in [5.74, 6) is -0.228. The molecular weight excluding hydrogens is 398 g/mol. The highest BCUT2D eigenvalue weighted by molar-refractivity contribution is 6.08. The van der Waals surface area contributed by atoms with E-state index in [1.165, 1.54) is 6.07 Å². The fraction of sp³-hybridized carbons (Fsp3) is 0.0909. The lowest BCUT2D eigenvalue weighted by Gasteiger charge is -2.13. The Morgan fingerprint density at radius 3 is 2.74 bits per heavy atom. The van der Waals surface area contributed by atoms with E-state index in [1.807, 2.05) is 12.1 Å². The molecule has 0 atom stereocenters. The summed E-state index contributed by atoms with van der Waals surface area (Å²) in [7, 11) is 0. The number of para-hydroxylation sites is 1. The molecule has 1 aliphatic heterocycles. The van der Waals surface area contributed by atoms with Crippen LogP contribution in [0.1, 0.15) is 21.5 Å². The van der Waals surface area contributed by atoms with Crippen molar-refractivity contribution in [3.8, 4) is 5.88 Å². The standard InChI is InChI=1S/C22H19N5O4/c23-22(30)31-20-8-5-13(12-25-20)11-24-17-4-2-1-3-16(17)21(29)26-15-7-6-14-9-19(28)27-18(14)10-15/h1-8,10,12,24H,9,11H2,(H2,23,30)(H,26,29)(H,27,28). The first kappa shape index (κ1) is 19.9. The predicted octanol–water partition coefficient (Wildman–Crippen LogP) is 2.90. The van der Waals surface area contributed by atoms with Gasteiger partial charge in [-0.1, -0.05) is 24.3 Å². The van der Waals surface area contributed by atoms with Crippen LogP contribution in [0, 0.1) is 0 Å². The smallest absolute Gasteiger partial charge is 0.391 e. The quantitative estimate of drug-likeness (QED) is 0.487. The maximum absolute atomic E-state index is 12.8. The number of rotatable bonds is 6. The number of hydrogen-bond acceptors (Lipinski definition) is 6. The predicted molar refractivity (Wildman–Crippen MR) is 115 cm³/mol. The van der Waals surface area contributed by atoms with Gasteiger partial charge in [0.2, 0.25) is 11.8 Å². The highest BCUT2D eigenvalue weighted by atomic mass is 16.6. The molecule has 3 amide bonds.